The second-order valence-electron chi connectivity index (χ2n) is 9.27. The first kappa shape index (κ1) is 22.6. The highest BCUT2D eigenvalue weighted by atomic mass is 16.5. The molecule has 0 bridgehead atoms. The van der Waals surface area contributed by atoms with Crippen LogP contribution in [0.2, 0.25) is 0 Å². The maximum Gasteiger partial charge on any atom is 0.332 e. The van der Waals surface area contributed by atoms with E-state index < -0.39 is 11.5 Å². The highest BCUT2D eigenvalue weighted by Gasteiger charge is 2.53. The quantitative estimate of drug-likeness (QED) is 0.499. The van der Waals surface area contributed by atoms with Gasteiger partial charge in [0, 0.05) is 24.1 Å². The first-order valence-electron chi connectivity index (χ1n) is 10.4. The summed E-state index contributed by atoms with van der Waals surface area (Å²) in [5.41, 5.74) is 2.61. The maximum absolute atomic E-state index is 13.9. The number of carbonyl (C=O) groups excluding carboxylic acids is 2. The molecule has 5 nitrogen and oxygen atoms in total. The van der Waals surface area contributed by atoms with Gasteiger partial charge in [0.15, 0.2) is 5.54 Å². The van der Waals surface area contributed by atoms with Crippen molar-refractivity contribution in [2.75, 3.05) is 19.1 Å². The fourth-order valence-electron chi connectivity index (χ4n) is 4.45. The van der Waals surface area contributed by atoms with Crippen molar-refractivity contribution in [3.8, 4) is 5.75 Å². The van der Waals surface area contributed by atoms with Crippen LogP contribution in [0.3, 0.4) is 0 Å². The van der Waals surface area contributed by atoms with Crippen molar-refractivity contribution in [2.45, 2.75) is 51.5 Å². The van der Waals surface area contributed by atoms with Crippen LogP contribution in [0.1, 0.15) is 55.6 Å². The van der Waals surface area contributed by atoms with E-state index in [4.69, 9.17) is 9.47 Å². The average Bonchev–Trinajstić information content (AvgIpc) is 3.05. The third kappa shape index (κ3) is 3.97. The number of amides is 1. The van der Waals surface area contributed by atoms with Gasteiger partial charge in [-0.25, -0.2) is 4.79 Å². The molecule has 2 aromatic rings. The normalized spacial score (nSPS) is 17.8. The van der Waals surface area contributed by atoms with Gasteiger partial charge in [0.2, 0.25) is 0 Å². The van der Waals surface area contributed by atoms with Crippen molar-refractivity contribution in [3.63, 3.8) is 0 Å². The number of fused-ring (bicyclic) bond motifs is 1. The van der Waals surface area contributed by atoms with E-state index >= 15 is 0 Å². The second kappa shape index (κ2) is 8.22. The van der Waals surface area contributed by atoms with Crippen LogP contribution in [-0.4, -0.2) is 31.6 Å². The zero-order valence-electron chi connectivity index (χ0n) is 19.2. The lowest BCUT2D eigenvalue weighted by Gasteiger charge is -2.36. The van der Waals surface area contributed by atoms with E-state index in [1.807, 2.05) is 37.3 Å². The number of anilines is 1. The van der Waals surface area contributed by atoms with E-state index in [2.05, 4.69) is 27.4 Å². The Kier molecular flexibility index (Phi) is 5.99. The number of hydrogen-bond acceptors (Lipinski definition) is 4. The van der Waals surface area contributed by atoms with Gasteiger partial charge in [-0.15, -0.1) is 6.58 Å². The fraction of sp³-hybridized carbons (Fsp3) is 0.385. The Labute approximate surface area is 184 Å². The molecule has 164 valence electrons. The van der Waals surface area contributed by atoms with Gasteiger partial charge in [0.1, 0.15) is 5.75 Å². The van der Waals surface area contributed by atoms with Crippen LogP contribution in [0, 0.1) is 0 Å². The number of para-hydroxylation sites is 1. The van der Waals surface area contributed by atoms with Crippen molar-refractivity contribution in [2.24, 2.45) is 0 Å². The standard InChI is InChI=1S/C26H31NO4/c1-17(2)15-26(24(29)31-7)16-19-10-8-9-11-21(19)27(26)23(28)18-12-13-20(25(3,4)5)22(14-18)30-6/h8-14H,1,15-16H2,2-7H3. The van der Waals surface area contributed by atoms with E-state index in [1.165, 1.54) is 7.11 Å². The van der Waals surface area contributed by atoms with Crippen molar-refractivity contribution in [1.29, 1.82) is 0 Å². The number of methoxy groups -OCH3 is 2. The van der Waals surface area contributed by atoms with Gasteiger partial charge < -0.3 is 9.47 Å². The molecular weight excluding hydrogens is 390 g/mol. The Morgan fingerprint density at radius 3 is 2.39 bits per heavy atom. The molecule has 3 rings (SSSR count). The molecule has 0 spiro atoms. The van der Waals surface area contributed by atoms with E-state index in [9.17, 15) is 9.59 Å². The van der Waals surface area contributed by atoms with Crippen LogP contribution in [0.4, 0.5) is 5.69 Å². The molecule has 0 saturated carbocycles. The van der Waals surface area contributed by atoms with Crippen LogP contribution in [-0.2, 0) is 21.4 Å². The molecule has 5 heteroatoms. The molecular formula is C26H31NO4. The number of ether oxygens (including phenoxy) is 2. The van der Waals surface area contributed by atoms with Gasteiger partial charge in [-0.1, -0.05) is 50.6 Å². The molecule has 0 N–H and O–H groups in total. The van der Waals surface area contributed by atoms with Gasteiger partial charge in [-0.05, 0) is 41.7 Å². The summed E-state index contributed by atoms with van der Waals surface area (Å²) in [6.45, 7) is 12.2. The van der Waals surface area contributed by atoms with Crippen molar-refractivity contribution in [3.05, 3.63) is 71.3 Å². The first-order chi connectivity index (χ1) is 14.5. The summed E-state index contributed by atoms with van der Waals surface area (Å²) in [4.78, 5) is 28.6. The summed E-state index contributed by atoms with van der Waals surface area (Å²) in [5.74, 6) is -0.0666. The molecule has 31 heavy (non-hydrogen) atoms. The summed E-state index contributed by atoms with van der Waals surface area (Å²) < 4.78 is 10.8. The average molecular weight is 422 g/mol. The van der Waals surface area contributed by atoms with Crippen LogP contribution >= 0.6 is 0 Å². The highest BCUT2D eigenvalue weighted by Crippen LogP contribution is 2.44. The summed E-state index contributed by atoms with van der Waals surface area (Å²) in [5, 5.41) is 0. The third-order valence-corrected chi connectivity index (χ3v) is 5.76. The number of hydrogen-bond donors (Lipinski definition) is 0. The topological polar surface area (TPSA) is 55.8 Å². The van der Waals surface area contributed by atoms with Crippen molar-refractivity contribution < 1.29 is 19.1 Å². The van der Waals surface area contributed by atoms with Crippen molar-refractivity contribution >= 4 is 17.6 Å². The summed E-state index contributed by atoms with van der Waals surface area (Å²) >= 11 is 0. The van der Waals surface area contributed by atoms with Crippen LogP contribution in [0.25, 0.3) is 0 Å². The van der Waals surface area contributed by atoms with E-state index in [0.29, 0.717) is 24.2 Å². The van der Waals surface area contributed by atoms with Crippen LogP contribution < -0.4 is 9.64 Å². The molecule has 1 amide bonds. The lowest BCUT2D eigenvalue weighted by atomic mass is 9.85. The minimum Gasteiger partial charge on any atom is -0.496 e. The Hall–Kier alpha value is -3.08. The van der Waals surface area contributed by atoms with Crippen molar-refractivity contribution in [1.82, 2.24) is 0 Å². The second-order valence-corrected chi connectivity index (χ2v) is 9.27. The van der Waals surface area contributed by atoms with Gasteiger partial charge in [-0.3, -0.25) is 9.69 Å². The predicted octanol–water partition coefficient (Wildman–Crippen LogP) is 5.07. The smallest absolute Gasteiger partial charge is 0.332 e. The third-order valence-electron chi connectivity index (χ3n) is 5.76. The minimum atomic E-state index is -1.17. The first-order valence-corrected chi connectivity index (χ1v) is 10.4. The van der Waals surface area contributed by atoms with Gasteiger partial charge in [0.25, 0.3) is 5.91 Å². The highest BCUT2D eigenvalue weighted by molar-refractivity contribution is 6.13. The molecule has 2 aromatic carbocycles. The van der Waals surface area contributed by atoms with Crippen LogP contribution in [0.15, 0.2) is 54.6 Å². The zero-order chi connectivity index (χ0) is 23.0. The van der Waals surface area contributed by atoms with Gasteiger partial charge in [0.05, 0.1) is 14.2 Å². The fourth-order valence-corrected chi connectivity index (χ4v) is 4.45. The SMILES string of the molecule is C=C(C)CC1(C(=O)OC)Cc2ccccc2N1C(=O)c1ccc(C(C)(C)C)c(OC)c1. The summed E-state index contributed by atoms with van der Waals surface area (Å²) in [6.07, 6.45) is 0.697. The Morgan fingerprint density at radius 2 is 1.81 bits per heavy atom. The predicted molar refractivity (Wildman–Crippen MR) is 123 cm³/mol. The number of carbonyl (C=O) groups is 2. The number of rotatable bonds is 5. The molecule has 1 atom stereocenters. The molecule has 0 aliphatic carbocycles. The molecule has 0 aromatic heterocycles. The van der Waals surface area contributed by atoms with E-state index in [-0.39, 0.29) is 11.3 Å². The number of esters is 1. The molecule has 1 unspecified atom stereocenters. The Bertz CT molecular complexity index is 1030. The largest absolute Gasteiger partial charge is 0.496 e. The minimum absolute atomic E-state index is 0.136. The lowest BCUT2D eigenvalue weighted by Crippen LogP contribution is -2.56. The van der Waals surface area contributed by atoms with Gasteiger partial charge >= 0.3 is 5.97 Å². The van der Waals surface area contributed by atoms with Gasteiger partial charge in [-0.2, -0.15) is 0 Å². The molecule has 1 aliphatic heterocycles. The number of nitrogens with zero attached hydrogens (tertiary/aromatic N) is 1. The Balaban J connectivity index is 2.18. The lowest BCUT2D eigenvalue weighted by molar-refractivity contribution is -0.146. The molecule has 1 heterocycles. The molecule has 0 radical (unpaired) electrons. The monoisotopic (exact) mass is 421 g/mol. The van der Waals surface area contributed by atoms with E-state index in [1.54, 1.807) is 24.1 Å². The maximum atomic E-state index is 13.9. The molecule has 0 fully saturated rings. The molecule has 1 aliphatic rings. The summed E-state index contributed by atoms with van der Waals surface area (Å²) in [7, 11) is 2.96. The Morgan fingerprint density at radius 1 is 1.13 bits per heavy atom. The molecule has 0 saturated heterocycles. The van der Waals surface area contributed by atoms with E-state index in [0.717, 1.165) is 22.4 Å². The zero-order valence-corrected chi connectivity index (χ0v) is 19.2. The van der Waals surface area contributed by atoms with Crippen LogP contribution in [0.5, 0.6) is 5.75 Å². The number of benzene rings is 2. The summed E-state index contributed by atoms with van der Waals surface area (Å²) in [6, 6.07) is 13.1.